The molecule has 0 spiro atoms. The minimum absolute atomic E-state index is 0.0532. The Hall–Kier alpha value is -2.11. The maximum Gasteiger partial charge on any atom is 0.303 e. The molecule has 1 aromatic heterocycles. The summed E-state index contributed by atoms with van der Waals surface area (Å²) in [5.74, 6) is -1.34. The van der Waals surface area contributed by atoms with Crippen LogP contribution in [0.1, 0.15) is 90.9 Å². The van der Waals surface area contributed by atoms with Gasteiger partial charge < -0.3 is 15.2 Å². The van der Waals surface area contributed by atoms with Crippen LogP contribution < -0.4 is 5.56 Å². The largest absolute Gasteiger partial charge is 0.481 e. The summed E-state index contributed by atoms with van der Waals surface area (Å²) in [5.41, 5.74) is -0.0532. The van der Waals surface area contributed by atoms with Crippen LogP contribution >= 0.6 is 0 Å². The molecule has 0 aliphatic carbocycles. The van der Waals surface area contributed by atoms with Crippen molar-refractivity contribution in [3.05, 3.63) is 34.7 Å². The minimum atomic E-state index is -0.670. The number of carbonyl (C=O) groups is 2. The molecule has 27 heavy (non-hydrogen) atoms. The molecule has 0 fully saturated rings. The number of unbranched alkanes of at least 4 members (excludes halogenated alkanes) is 8. The van der Waals surface area contributed by atoms with Crippen LogP contribution in [0.5, 0.6) is 0 Å². The predicted molar refractivity (Wildman–Crippen MR) is 109 cm³/mol. The number of rotatable bonds is 12. The van der Waals surface area contributed by atoms with Crippen LogP contribution in [-0.4, -0.2) is 27.1 Å². The van der Waals surface area contributed by atoms with Gasteiger partial charge in [-0.05, 0) is 18.9 Å². The van der Waals surface area contributed by atoms with Crippen molar-refractivity contribution in [1.29, 1.82) is 0 Å². The zero-order chi connectivity index (χ0) is 20.8. The lowest BCUT2D eigenvalue weighted by molar-refractivity contribution is -0.138. The Morgan fingerprint density at radius 2 is 1.22 bits per heavy atom. The van der Waals surface area contributed by atoms with Crippen LogP contribution in [0.4, 0.5) is 0 Å². The van der Waals surface area contributed by atoms with Gasteiger partial charge in [0, 0.05) is 25.1 Å². The van der Waals surface area contributed by atoms with Crippen molar-refractivity contribution in [2.45, 2.75) is 90.9 Å². The highest BCUT2D eigenvalue weighted by atomic mass is 16.4. The van der Waals surface area contributed by atoms with Crippen molar-refractivity contribution in [2.75, 3.05) is 0 Å². The molecule has 0 aromatic carbocycles. The molecule has 1 rings (SSSR count). The summed E-state index contributed by atoms with van der Waals surface area (Å²) in [6.07, 6.45) is 13.4. The first-order chi connectivity index (χ1) is 12.9. The molecule has 0 radical (unpaired) electrons. The van der Waals surface area contributed by atoms with E-state index in [9.17, 15) is 14.4 Å². The van der Waals surface area contributed by atoms with Gasteiger partial charge in [0.1, 0.15) is 0 Å². The smallest absolute Gasteiger partial charge is 0.303 e. The quantitative estimate of drug-likeness (QED) is 0.428. The Kier molecular flexibility index (Phi) is 22.0. The number of hydrogen-bond donors (Lipinski definition) is 3. The van der Waals surface area contributed by atoms with E-state index < -0.39 is 11.9 Å². The Bertz CT molecular complexity index is 472. The monoisotopic (exact) mass is 383 g/mol. The molecule has 1 aromatic rings. The second kappa shape index (κ2) is 21.9. The molecule has 0 aliphatic rings. The first-order valence-electron chi connectivity index (χ1n) is 10.0. The number of pyridine rings is 1. The van der Waals surface area contributed by atoms with Crippen LogP contribution in [0, 0.1) is 0 Å². The lowest BCUT2D eigenvalue weighted by Gasteiger charge is -1.95. The average Bonchev–Trinajstić information content (AvgIpc) is 2.63. The molecular weight excluding hydrogens is 346 g/mol. The number of nitrogens with one attached hydrogen (secondary N) is 1. The van der Waals surface area contributed by atoms with Crippen LogP contribution in [0.3, 0.4) is 0 Å². The molecule has 0 aliphatic heterocycles. The van der Waals surface area contributed by atoms with E-state index in [1.54, 1.807) is 18.3 Å². The standard InChI is InChI=1S/2C8H16O2.C5H5NO/c2*1-2-3-4-5-6-7-8(9)10;7-5-3-1-2-4-6-5/h2*2-7H2,1H3,(H,9,10);1-4H,(H,6,7). The lowest BCUT2D eigenvalue weighted by Crippen LogP contribution is -1.98. The number of aromatic amines is 1. The third-order valence-corrected chi connectivity index (χ3v) is 3.67. The minimum Gasteiger partial charge on any atom is -0.481 e. The van der Waals surface area contributed by atoms with E-state index in [2.05, 4.69) is 18.8 Å². The maximum atomic E-state index is 10.2. The van der Waals surface area contributed by atoms with Crippen LogP contribution in [-0.2, 0) is 9.59 Å². The van der Waals surface area contributed by atoms with Crippen LogP contribution in [0.15, 0.2) is 29.2 Å². The summed E-state index contributed by atoms with van der Waals surface area (Å²) in [6, 6.07) is 4.93. The summed E-state index contributed by atoms with van der Waals surface area (Å²) in [7, 11) is 0. The molecule has 0 bridgehead atoms. The highest BCUT2D eigenvalue weighted by Gasteiger charge is 1.95. The molecule has 6 nitrogen and oxygen atoms in total. The average molecular weight is 384 g/mol. The Morgan fingerprint density at radius 3 is 1.48 bits per heavy atom. The molecule has 0 saturated heterocycles. The number of carboxylic acids is 2. The van der Waals surface area contributed by atoms with Crippen LogP contribution in [0.25, 0.3) is 0 Å². The summed E-state index contributed by atoms with van der Waals surface area (Å²) in [4.78, 5) is 32.8. The van der Waals surface area contributed by atoms with E-state index in [-0.39, 0.29) is 5.56 Å². The van der Waals surface area contributed by atoms with Gasteiger partial charge in [0.25, 0.3) is 0 Å². The third-order valence-electron chi connectivity index (χ3n) is 3.67. The highest BCUT2D eigenvalue weighted by molar-refractivity contribution is 5.66. The summed E-state index contributed by atoms with van der Waals surface area (Å²) in [6.45, 7) is 4.30. The molecule has 1 heterocycles. The molecule has 3 N–H and O–H groups in total. The summed E-state index contributed by atoms with van der Waals surface area (Å²) >= 11 is 0. The van der Waals surface area contributed by atoms with Gasteiger partial charge in [-0.25, -0.2) is 0 Å². The first-order valence-corrected chi connectivity index (χ1v) is 10.0. The lowest BCUT2D eigenvalue weighted by atomic mass is 10.1. The summed E-state index contributed by atoms with van der Waals surface area (Å²) < 4.78 is 0. The fraction of sp³-hybridized carbons (Fsp3) is 0.667. The zero-order valence-corrected chi connectivity index (χ0v) is 16.9. The second-order valence-electron chi connectivity index (χ2n) is 6.34. The van der Waals surface area contributed by atoms with Crippen molar-refractivity contribution in [1.82, 2.24) is 4.98 Å². The summed E-state index contributed by atoms with van der Waals surface area (Å²) in [5, 5.41) is 16.5. The van der Waals surface area contributed by atoms with Gasteiger partial charge in [-0.1, -0.05) is 71.3 Å². The van der Waals surface area contributed by atoms with E-state index >= 15 is 0 Å². The fourth-order valence-electron chi connectivity index (χ4n) is 2.14. The zero-order valence-electron chi connectivity index (χ0n) is 16.9. The maximum absolute atomic E-state index is 10.2. The fourth-order valence-corrected chi connectivity index (χ4v) is 2.14. The van der Waals surface area contributed by atoms with Gasteiger partial charge in [-0.3, -0.25) is 14.4 Å². The van der Waals surface area contributed by atoms with Gasteiger partial charge in [0.05, 0.1) is 0 Å². The van der Waals surface area contributed by atoms with Gasteiger partial charge in [0.15, 0.2) is 0 Å². The number of H-pyrrole nitrogens is 1. The number of aromatic nitrogens is 1. The molecule has 0 unspecified atom stereocenters. The van der Waals surface area contributed by atoms with E-state index in [4.69, 9.17) is 10.2 Å². The van der Waals surface area contributed by atoms with E-state index in [0.717, 1.165) is 25.7 Å². The van der Waals surface area contributed by atoms with Crippen molar-refractivity contribution in [2.24, 2.45) is 0 Å². The molecule has 6 heteroatoms. The van der Waals surface area contributed by atoms with Crippen molar-refractivity contribution in [3.8, 4) is 0 Å². The Balaban J connectivity index is 0. The van der Waals surface area contributed by atoms with Crippen LogP contribution in [0.2, 0.25) is 0 Å². The Morgan fingerprint density at radius 1 is 0.778 bits per heavy atom. The normalized spacial score (nSPS) is 9.41. The topological polar surface area (TPSA) is 107 Å². The van der Waals surface area contributed by atoms with Gasteiger partial charge in [-0.15, -0.1) is 0 Å². The van der Waals surface area contributed by atoms with Crippen molar-refractivity contribution < 1.29 is 19.8 Å². The second-order valence-corrected chi connectivity index (χ2v) is 6.34. The third kappa shape index (κ3) is 28.9. The van der Waals surface area contributed by atoms with Gasteiger partial charge in [-0.2, -0.15) is 0 Å². The number of hydrogen-bond acceptors (Lipinski definition) is 3. The number of carboxylic acid groups (broad SMARTS) is 2. The SMILES string of the molecule is CCCCCCCC(=O)O.CCCCCCCC(=O)O.O=c1cccc[nH]1. The molecular formula is C21H37NO5. The van der Waals surface area contributed by atoms with E-state index in [0.29, 0.717) is 12.8 Å². The van der Waals surface area contributed by atoms with Crippen molar-refractivity contribution in [3.63, 3.8) is 0 Å². The molecule has 0 atom stereocenters. The first kappa shape index (κ1) is 27.1. The van der Waals surface area contributed by atoms with Gasteiger partial charge in [0.2, 0.25) is 5.56 Å². The molecule has 0 amide bonds. The molecule has 0 saturated carbocycles. The highest BCUT2D eigenvalue weighted by Crippen LogP contribution is 2.04. The Labute approximate surface area is 163 Å². The van der Waals surface area contributed by atoms with E-state index in [1.165, 1.54) is 44.6 Å². The van der Waals surface area contributed by atoms with Crippen molar-refractivity contribution >= 4 is 11.9 Å². The molecule has 156 valence electrons. The number of aliphatic carboxylic acids is 2. The van der Waals surface area contributed by atoms with Gasteiger partial charge >= 0.3 is 11.9 Å². The van der Waals surface area contributed by atoms with E-state index in [1.807, 2.05) is 0 Å². The predicted octanol–water partition coefficient (Wildman–Crippen LogP) is 5.24.